The fourth-order valence-electron chi connectivity index (χ4n) is 4.61. The van der Waals surface area contributed by atoms with E-state index in [2.05, 4.69) is 39.1 Å². The van der Waals surface area contributed by atoms with Crippen molar-refractivity contribution in [3.63, 3.8) is 0 Å². The first kappa shape index (κ1) is 28.6. The number of nitrogens with one attached hydrogen (secondary N) is 3. The van der Waals surface area contributed by atoms with E-state index in [1.165, 1.54) is 30.9 Å². The van der Waals surface area contributed by atoms with Crippen molar-refractivity contribution in [1.29, 1.82) is 0 Å². The molecule has 1 aromatic heterocycles. The molecule has 8 nitrogen and oxygen atoms in total. The summed E-state index contributed by atoms with van der Waals surface area (Å²) in [7, 11) is 1.16. The summed E-state index contributed by atoms with van der Waals surface area (Å²) in [5.41, 5.74) is 2.02. The summed E-state index contributed by atoms with van der Waals surface area (Å²) in [6.07, 6.45) is -2.50. The highest BCUT2D eigenvalue weighted by molar-refractivity contribution is 7.89. The number of halogens is 3. The number of ether oxygens (including phenoxy) is 1. The van der Waals surface area contributed by atoms with Gasteiger partial charge in [0.2, 0.25) is 10.0 Å². The molecule has 0 amide bonds. The molecule has 0 aliphatic carbocycles. The van der Waals surface area contributed by atoms with Crippen LogP contribution in [0.2, 0.25) is 0 Å². The largest absolute Gasteiger partial charge is 0.495 e. The Kier molecular flexibility index (Phi) is 8.64. The maximum absolute atomic E-state index is 13.5. The Balaban J connectivity index is 1.58. The van der Waals surface area contributed by atoms with E-state index in [1.807, 2.05) is 6.07 Å². The SMILES string of the molecule is CNS(=O)(=O)c1ccc(NCC#Cc2cc3c(NC4CCN(C)CC4)cccc3n2CC(F)(F)F)c(OC)c1. The number of alkyl halides is 3. The van der Waals surface area contributed by atoms with Gasteiger partial charge in [0.25, 0.3) is 0 Å². The van der Waals surface area contributed by atoms with Crippen molar-refractivity contribution in [2.45, 2.75) is 36.5 Å². The molecule has 0 unspecified atom stereocenters. The summed E-state index contributed by atoms with van der Waals surface area (Å²) in [5.74, 6) is 6.07. The summed E-state index contributed by atoms with van der Waals surface area (Å²) in [6, 6.07) is 11.6. The molecule has 4 rings (SSSR count). The van der Waals surface area contributed by atoms with E-state index < -0.39 is 22.7 Å². The molecule has 0 saturated carbocycles. The molecule has 0 atom stereocenters. The summed E-state index contributed by atoms with van der Waals surface area (Å²) in [6.45, 7) is 0.875. The quantitative estimate of drug-likeness (QED) is 0.358. The predicted molar refractivity (Wildman–Crippen MR) is 147 cm³/mol. The molecule has 3 N–H and O–H groups in total. The molecule has 1 aliphatic heterocycles. The van der Waals surface area contributed by atoms with Crippen LogP contribution in [0.1, 0.15) is 18.5 Å². The fraction of sp³-hybridized carbons (Fsp3) is 0.407. The number of methoxy groups -OCH3 is 1. The van der Waals surface area contributed by atoms with Gasteiger partial charge in [-0.15, -0.1) is 0 Å². The lowest BCUT2D eigenvalue weighted by molar-refractivity contribution is -0.140. The van der Waals surface area contributed by atoms with E-state index in [-0.39, 0.29) is 23.2 Å². The molecule has 0 spiro atoms. The van der Waals surface area contributed by atoms with E-state index in [0.717, 1.165) is 31.6 Å². The van der Waals surface area contributed by atoms with Gasteiger partial charge in [0.1, 0.15) is 12.3 Å². The second kappa shape index (κ2) is 11.8. The minimum atomic E-state index is -4.42. The van der Waals surface area contributed by atoms with E-state index in [1.54, 1.807) is 24.3 Å². The molecule has 2 aromatic carbocycles. The molecule has 12 heteroatoms. The highest BCUT2D eigenvalue weighted by atomic mass is 32.2. The molecule has 39 heavy (non-hydrogen) atoms. The Bertz CT molecular complexity index is 1480. The van der Waals surface area contributed by atoms with Crippen LogP contribution in [-0.2, 0) is 16.6 Å². The van der Waals surface area contributed by atoms with E-state index >= 15 is 0 Å². The van der Waals surface area contributed by atoms with Gasteiger partial charge in [-0.1, -0.05) is 12.0 Å². The first-order chi connectivity index (χ1) is 18.5. The minimum Gasteiger partial charge on any atom is -0.495 e. The van der Waals surface area contributed by atoms with Crippen LogP contribution >= 0.6 is 0 Å². The predicted octanol–water partition coefficient (Wildman–Crippen LogP) is 4.09. The summed E-state index contributed by atoms with van der Waals surface area (Å²) in [5, 5.41) is 7.26. The third-order valence-corrected chi connectivity index (χ3v) is 8.11. The standard InChI is InChI=1S/C27H32F3N5O3S/c1-31-39(36,37)21-9-10-24(26(17-21)38-3)32-13-5-6-20-16-22-23(33-19-11-14-34(2)15-12-19)7-4-8-25(22)35(20)18-27(28,29)30/h4,7-10,16-17,19,31-33H,11-15,18H2,1-3H3. The van der Waals surface area contributed by atoms with Crippen LogP contribution in [0.5, 0.6) is 5.75 Å². The van der Waals surface area contributed by atoms with Gasteiger partial charge in [0, 0.05) is 23.2 Å². The monoisotopic (exact) mass is 563 g/mol. The average molecular weight is 564 g/mol. The van der Waals surface area contributed by atoms with Gasteiger partial charge < -0.3 is 24.8 Å². The van der Waals surface area contributed by atoms with Gasteiger partial charge in [0.15, 0.2) is 0 Å². The van der Waals surface area contributed by atoms with Gasteiger partial charge in [-0.3, -0.25) is 0 Å². The molecular formula is C27H32F3N5O3S. The third-order valence-electron chi connectivity index (χ3n) is 6.70. The maximum Gasteiger partial charge on any atom is 0.406 e. The lowest BCUT2D eigenvalue weighted by Crippen LogP contribution is -2.36. The average Bonchev–Trinajstić information content (AvgIpc) is 3.24. The number of rotatable bonds is 8. The number of benzene rings is 2. The lowest BCUT2D eigenvalue weighted by Gasteiger charge is -2.30. The number of hydrogen-bond donors (Lipinski definition) is 3. The molecular weight excluding hydrogens is 531 g/mol. The Hall–Kier alpha value is -3.40. The number of sulfonamides is 1. The van der Waals surface area contributed by atoms with Crippen LogP contribution in [0.15, 0.2) is 47.4 Å². The molecule has 0 bridgehead atoms. The minimum absolute atomic E-state index is 0.0415. The normalized spacial score (nSPS) is 15.1. The second-order valence-corrected chi connectivity index (χ2v) is 11.3. The molecule has 0 radical (unpaired) electrons. The van der Waals surface area contributed by atoms with Crippen molar-refractivity contribution >= 4 is 32.3 Å². The summed E-state index contributed by atoms with van der Waals surface area (Å²) >= 11 is 0. The number of fused-ring (bicyclic) bond motifs is 1. The summed E-state index contributed by atoms with van der Waals surface area (Å²) in [4.78, 5) is 2.30. The van der Waals surface area contributed by atoms with Crippen LogP contribution in [0, 0.1) is 11.8 Å². The van der Waals surface area contributed by atoms with Crippen molar-refractivity contribution in [1.82, 2.24) is 14.2 Å². The molecule has 1 fully saturated rings. The van der Waals surface area contributed by atoms with Crippen LogP contribution < -0.4 is 20.1 Å². The van der Waals surface area contributed by atoms with Crippen LogP contribution in [-0.4, -0.2) is 70.9 Å². The Morgan fingerprint density at radius 3 is 2.51 bits per heavy atom. The van der Waals surface area contributed by atoms with E-state index in [0.29, 0.717) is 22.3 Å². The third kappa shape index (κ3) is 6.98. The van der Waals surface area contributed by atoms with Gasteiger partial charge in [0.05, 0.1) is 35.4 Å². The molecule has 2 heterocycles. The molecule has 1 saturated heterocycles. The number of aromatic nitrogens is 1. The number of likely N-dealkylation sites (tertiary alicyclic amines) is 1. The molecule has 1 aliphatic rings. The van der Waals surface area contributed by atoms with Crippen molar-refractivity contribution in [2.75, 3.05) is 51.5 Å². The Morgan fingerprint density at radius 1 is 1.10 bits per heavy atom. The van der Waals surface area contributed by atoms with E-state index in [9.17, 15) is 21.6 Å². The van der Waals surface area contributed by atoms with Crippen molar-refractivity contribution in [3.05, 3.63) is 48.2 Å². The highest BCUT2D eigenvalue weighted by Gasteiger charge is 2.30. The Labute approximate surface area is 226 Å². The topological polar surface area (TPSA) is 87.6 Å². The second-order valence-electron chi connectivity index (χ2n) is 9.42. The van der Waals surface area contributed by atoms with Crippen LogP contribution in [0.25, 0.3) is 10.9 Å². The number of nitrogens with zero attached hydrogens (tertiary/aromatic N) is 2. The first-order valence-electron chi connectivity index (χ1n) is 12.5. The van der Waals surface area contributed by atoms with Crippen molar-refractivity contribution in [3.8, 4) is 17.6 Å². The first-order valence-corrected chi connectivity index (χ1v) is 14.0. The van der Waals surface area contributed by atoms with Gasteiger partial charge in [-0.25, -0.2) is 13.1 Å². The summed E-state index contributed by atoms with van der Waals surface area (Å²) < 4.78 is 73.4. The lowest BCUT2D eigenvalue weighted by atomic mass is 10.0. The van der Waals surface area contributed by atoms with Gasteiger partial charge in [-0.2, -0.15) is 13.2 Å². The zero-order chi connectivity index (χ0) is 28.2. The maximum atomic E-state index is 13.5. The van der Waals surface area contributed by atoms with Crippen LogP contribution in [0.3, 0.4) is 0 Å². The number of anilines is 2. The smallest absolute Gasteiger partial charge is 0.406 e. The van der Waals surface area contributed by atoms with Gasteiger partial charge in [-0.05, 0) is 76.3 Å². The van der Waals surface area contributed by atoms with Crippen LogP contribution in [0.4, 0.5) is 24.5 Å². The highest BCUT2D eigenvalue weighted by Crippen LogP contribution is 2.31. The van der Waals surface area contributed by atoms with E-state index in [4.69, 9.17) is 4.74 Å². The van der Waals surface area contributed by atoms with Crippen molar-refractivity contribution in [2.24, 2.45) is 0 Å². The zero-order valence-corrected chi connectivity index (χ0v) is 22.8. The van der Waals surface area contributed by atoms with Gasteiger partial charge >= 0.3 is 6.18 Å². The fourth-order valence-corrected chi connectivity index (χ4v) is 5.36. The number of hydrogen-bond acceptors (Lipinski definition) is 6. The molecule has 210 valence electrons. The van der Waals surface area contributed by atoms with Crippen molar-refractivity contribution < 1.29 is 26.3 Å². The Morgan fingerprint density at radius 2 is 1.85 bits per heavy atom. The molecule has 3 aromatic rings. The number of piperidine rings is 1. The zero-order valence-electron chi connectivity index (χ0n) is 22.0.